The number of benzene rings is 2. The van der Waals surface area contributed by atoms with Gasteiger partial charge in [0.1, 0.15) is 12.3 Å². The van der Waals surface area contributed by atoms with Gasteiger partial charge in [0.15, 0.2) is 0 Å². The summed E-state index contributed by atoms with van der Waals surface area (Å²) in [7, 11) is 0. The third kappa shape index (κ3) is 6.25. The number of aromatic nitrogens is 1. The number of nitrogens with zero attached hydrogens (tertiary/aromatic N) is 2. The molecule has 31 heavy (non-hydrogen) atoms. The van der Waals surface area contributed by atoms with Gasteiger partial charge in [0.2, 0.25) is 0 Å². The highest BCUT2D eigenvalue weighted by Crippen LogP contribution is 2.28. The molecule has 0 radical (unpaired) electrons. The second kappa shape index (κ2) is 10.2. The highest BCUT2D eigenvalue weighted by Gasteiger charge is 2.17. The number of nitro benzene ring substituents is 1. The Hall–Kier alpha value is -3.98. The topological polar surface area (TPSA) is 123 Å². The SMILES string of the molecule is O=C(NCc1ccc(C(=O)Nc2ccc(Cl)cc2[N+](=O)[O-])cc1)OCc1cccnc1. The number of hydrogen-bond donors (Lipinski definition) is 2. The molecule has 0 saturated heterocycles. The molecule has 10 heteroatoms. The molecule has 0 bridgehead atoms. The number of ether oxygens (including phenoxy) is 1. The van der Waals surface area contributed by atoms with E-state index in [1.165, 1.54) is 18.2 Å². The van der Waals surface area contributed by atoms with Crippen LogP contribution in [0.2, 0.25) is 5.02 Å². The Balaban J connectivity index is 1.53. The van der Waals surface area contributed by atoms with Crippen LogP contribution in [0.25, 0.3) is 0 Å². The molecule has 2 N–H and O–H groups in total. The fourth-order valence-electron chi connectivity index (χ4n) is 2.59. The number of nitrogens with one attached hydrogen (secondary N) is 2. The van der Waals surface area contributed by atoms with Crippen LogP contribution in [0.3, 0.4) is 0 Å². The minimum atomic E-state index is -0.621. The van der Waals surface area contributed by atoms with Gasteiger partial charge in [-0.25, -0.2) is 4.79 Å². The molecule has 0 aliphatic heterocycles. The summed E-state index contributed by atoms with van der Waals surface area (Å²) in [6, 6.07) is 13.9. The van der Waals surface area contributed by atoms with Crippen LogP contribution in [0.4, 0.5) is 16.2 Å². The lowest BCUT2D eigenvalue weighted by Gasteiger charge is -2.09. The Morgan fingerprint density at radius 3 is 2.55 bits per heavy atom. The molecular formula is C21H17ClN4O5. The first-order valence-electron chi connectivity index (χ1n) is 9.06. The van der Waals surface area contributed by atoms with Crippen LogP contribution in [0.5, 0.6) is 0 Å². The summed E-state index contributed by atoms with van der Waals surface area (Å²) in [5.74, 6) is -0.513. The van der Waals surface area contributed by atoms with E-state index in [0.717, 1.165) is 11.1 Å². The van der Waals surface area contributed by atoms with E-state index < -0.39 is 16.9 Å². The van der Waals surface area contributed by atoms with E-state index in [-0.39, 0.29) is 29.5 Å². The fourth-order valence-corrected chi connectivity index (χ4v) is 2.75. The van der Waals surface area contributed by atoms with Gasteiger partial charge >= 0.3 is 6.09 Å². The first-order chi connectivity index (χ1) is 14.9. The molecule has 2 amide bonds. The minimum Gasteiger partial charge on any atom is -0.445 e. The number of amides is 2. The van der Waals surface area contributed by atoms with Crippen molar-refractivity contribution in [1.82, 2.24) is 10.3 Å². The Bertz CT molecular complexity index is 1090. The lowest BCUT2D eigenvalue weighted by Crippen LogP contribution is -2.23. The summed E-state index contributed by atoms with van der Waals surface area (Å²) in [4.78, 5) is 38.7. The van der Waals surface area contributed by atoms with Crippen molar-refractivity contribution in [3.05, 3.63) is 98.8 Å². The van der Waals surface area contributed by atoms with Gasteiger partial charge in [-0.3, -0.25) is 19.9 Å². The molecule has 0 spiro atoms. The quantitative estimate of drug-likeness (QED) is 0.416. The van der Waals surface area contributed by atoms with Crippen molar-refractivity contribution in [2.24, 2.45) is 0 Å². The van der Waals surface area contributed by atoms with E-state index in [1.54, 1.807) is 48.8 Å². The smallest absolute Gasteiger partial charge is 0.407 e. The molecule has 0 saturated carbocycles. The highest BCUT2D eigenvalue weighted by molar-refractivity contribution is 6.31. The Morgan fingerprint density at radius 1 is 1.10 bits per heavy atom. The Morgan fingerprint density at radius 2 is 1.87 bits per heavy atom. The Kier molecular flexibility index (Phi) is 7.13. The number of anilines is 1. The standard InChI is InChI=1S/C21H17ClN4O5/c22-17-7-8-18(19(10-17)26(29)30)25-20(27)16-5-3-14(4-6-16)12-24-21(28)31-13-15-2-1-9-23-11-15/h1-11H,12-13H2,(H,24,28)(H,25,27). The van der Waals surface area contributed by atoms with Crippen molar-refractivity contribution < 1.29 is 19.2 Å². The summed E-state index contributed by atoms with van der Waals surface area (Å²) >= 11 is 5.78. The van der Waals surface area contributed by atoms with Crippen molar-refractivity contribution in [3.63, 3.8) is 0 Å². The van der Waals surface area contributed by atoms with Gasteiger partial charge < -0.3 is 15.4 Å². The van der Waals surface area contributed by atoms with Gasteiger partial charge in [-0.2, -0.15) is 0 Å². The third-order valence-electron chi connectivity index (χ3n) is 4.15. The predicted octanol–water partition coefficient (Wildman–Crippen LogP) is 4.32. The predicted molar refractivity (Wildman–Crippen MR) is 114 cm³/mol. The molecule has 3 rings (SSSR count). The molecule has 1 heterocycles. The zero-order valence-electron chi connectivity index (χ0n) is 16.1. The van der Waals surface area contributed by atoms with Crippen molar-refractivity contribution in [3.8, 4) is 0 Å². The normalized spacial score (nSPS) is 10.2. The maximum absolute atomic E-state index is 12.4. The van der Waals surface area contributed by atoms with Crippen LogP contribution in [-0.2, 0) is 17.9 Å². The van der Waals surface area contributed by atoms with Gasteiger partial charge in [-0.15, -0.1) is 0 Å². The number of rotatable bonds is 7. The number of carbonyl (C=O) groups is 2. The largest absolute Gasteiger partial charge is 0.445 e. The molecule has 2 aromatic carbocycles. The van der Waals surface area contributed by atoms with Gasteiger partial charge in [-0.05, 0) is 35.9 Å². The van der Waals surface area contributed by atoms with E-state index >= 15 is 0 Å². The van der Waals surface area contributed by atoms with E-state index in [0.29, 0.717) is 5.56 Å². The third-order valence-corrected chi connectivity index (χ3v) is 4.39. The molecule has 0 aliphatic rings. The Labute approximate surface area is 182 Å². The minimum absolute atomic E-state index is 0.0431. The number of pyridine rings is 1. The lowest BCUT2D eigenvalue weighted by molar-refractivity contribution is -0.383. The summed E-state index contributed by atoms with van der Waals surface area (Å²) in [6.45, 7) is 0.312. The molecule has 1 aromatic heterocycles. The number of hydrogen-bond acceptors (Lipinski definition) is 6. The van der Waals surface area contributed by atoms with Crippen molar-refractivity contribution >= 4 is 35.0 Å². The average Bonchev–Trinajstić information content (AvgIpc) is 2.78. The second-order valence-corrected chi connectivity index (χ2v) is 6.80. The van der Waals surface area contributed by atoms with Crippen LogP contribution < -0.4 is 10.6 Å². The van der Waals surface area contributed by atoms with Crippen molar-refractivity contribution in [2.75, 3.05) is 5.32 Å². The van der Waals surface area contributed by atoms with E-state index in [1.807, 2.05) is 0 Å². The maximum atomic E-state index is 12.4. The highest BCUT2D eigenvalue weighted by atomic mass is 35.5. The van der Waals surface area contributed by atoms with Crippen LogP contribution >= 0.6 is 11.6 Å². The number of halogens is 1. The van der Waals surface area contributed by atoms with Crippen LogP contribution in [0, 0.1) is 10.1 Å². The van der Waals surface area contributed by atoms with E-state index in [9.17, 15) is 19.7 Å². The number of nitro groups is 1. The number of carbonyl (C=O) groups excluding carboxylic acids is 2. The molecule has 158 valence electrons. The molecule has 0 aliphatic carbocycles. The molecular weight excluding hydrogens is 424 g/mol. The van der Waals surface area contributed by atoms with Crippen molar-refractivity contribution in [2.45, 2.75) is 13.2 Å². The summed E-state index contributed by atoms with van der Waals surface area (Å²) in [5.41, 5.74) is 1.56. The van der Waals surface area contributed by atoms with E-state index in [4.69, 9.17) is 16.3 Å². The van der Waals surface area contributed by atoms with Gasteiger partial charge in [0.05, 0.1) is 4.92 Å². The summed E-state index contributed by atoms with van der Waals surface area (Å²) < 4.78 is 5.10. The maximum Gasteiger partial charge on any atom is 0.407 e. The zero-order chi connectivity index (χ0) is 22.2. The molecule has 3 aromatic rings. The summed E-state index contributed by atoms with van der Waals surface area (Å²) in [6.07, 6.45) is 2.65. The first kappa shape index (κ1) is 21.7. The molecule has 9 nitrogen and oxygen atoms in total. The fraction of sp³-hybridized carbons (Fsp3) is 0.0952. The molecule has 0 atom stereocenters. The lowest BCUT2D eigenvalue weighted by atomic mass is 10.1. The average molecular weight is 441 g/mol. The van der Waals surface area contributed by atoms with E-state index in [2.05, 4.69) is 15.6 Å². The number of alkyl carbamates (subject to hydrolysis) is 1. The van der Waals surface area contributed by atoms with Gasteiger partial charge in [-0.1, -0.05) is 29.8 Å². The molecule has 0 unspecified atom stereocenters. The molecule has 0 fully saturated rings. The summed E-state index contributed by atoms with van der Waals surface area (Å²) in [5, 5.41) is 16.5. The van der Waals surface area contributed by atoms with Crippen LogP contribution in [0.15, 0.2) is 67.0 Å². The first-order valence-corrected chi connectivity index (χ1v) is 9.44. The van der Waals surface area contributed by atoms with Gasteiger partial charge in [0, 0.05) is 41.2 Å². The zero-order valence-corrected chi connectivity index (χ0v) is 16.8. The van der Waals surface area contributed by atoms with Gasteiger partial charge in [0.25, 0.3) is 11.6 Å². The second-order valence-electron chi connectivity index (χ2n) is 6.36. The van der Waals surface area contributed by atoms with Crippen LogP contribution in [-0.4, -0.2) is 21.9 Å². The van der Waals surface area contributed by atoms with Crippen molar-refractivity contribution in [1.29, 1.82) is 0 Å². The van der Waals surface area contributed by atoms with Crippen LogP contribution in [0.1, 0.15) is 21.5 Å². The monoisotopic (exact) mass is 440 g/mol.